The van der Waals surface area contributed by atoms with E-state index >= 15 is 0 Å². The zero-order chi connectivity index (χ0) is 16.4. The molecule has 3 N–H and O–H groups in total. The monoisotopic (exact) mass is 314 g/mol. The summed E-state index contributed by atoms with van der Waals surface area (Å²) < 4.78 is 28.9. The van der Waals surface area contributed by atoms with Gasteiger partial charge in [0.1, 0.15) is 5.75 Å². The zero-order valence-electron chi connectivity index (χ0n) is 10.7. The molecule has 0 aliphatic carbocycles. The number of nitrogens with zero attached hydrogens (tertiary/aromatic N) is 2. The quantitative estimate of drug-likeness (QED) is 0.627. The maximum Gasteiger partial charge on any atom is 0.387 e. The topological polar surface area (TPSA) is 133 Å². The summed E-state index contributed by atoms with van der Waals surface area (Å²) in [4.78, 5) is 34.6. The van der Waals surface area contributed by atoms with Gasteiger partial charge < -0.3 is 10.5 Å². The first kappa shape index (κ1) is 15.2. The molecule has 0 saturated carbocycles. The highest BCUT2D eigenvalue weighted by Gasteiger charge is 2.23. The summed E-state index contributed by atoms with van der Waals surface area (Å²) in [5.74, 6) is -0.856. The first-order chi connectivity index (χ1) is 10.3. The smallest absolute Gasteiger partial charge is 0.387 e. The number of aromatic nitrogens is 2. The zero-order valence-corrected chi connectivity index (χ0v) is 10.7. The SMILES string of the molecule is Nc1c([N+](=O)[O-])c(=O)[nH]c(=O)n1-c1ccc(OC(F)F)cc1. The Kier molecular flexibility index (Phi) is 3.88. The maximum atomic E-state index is 12.0. The van der Waals surface area contributed by atoms with Crippen LogP contribution in [0.3, 0.4) is 0 Å². The van der Waals surface area contributed by atoms with Gasteiger partial charge in [-0.25, -0.2) is 9.36 Å². The van der Waals surface area contributed by atoms with Gasteiger partial charge in [-0.05, 0) is 24.3 Å². The summed E-state index contributed by atoms with van der Waals surface area (Å²) in [6.07, 6.45) is 0. The van der Waals surface area contributed by atoms with E-state index in [2.05, 4.69) is 4.74 Å². The standard InChI is InChI=1S/C11H8F2N4O5/c12-10(13)22-6-3-1-5(2-4-6)16-8(14)7(17(20)21)9(18)15-11(16)19/h1-4,10H,14H2,(H,15,18,19). The minimum atomic E-state index is -3.02. The minimum Gasteiger partial charge on any atom is -0.435 e. The van der Waals surface area contributed by atoms with Crippen LogP contribution in [-0.4, -0.2) is 21.1 Å². The molecule has 0 atom stereocenters. The molecule has 0 spiro atoms. The highest BCUT2D eigenvalue weighted by atomic mass is 19.3. The summed E-state index contributed by atoms with van der Waals surface area (Å²) in [5.41, 5.74) is 2.29. The molecule has 1 aromatic carbocycles. The van der Waals surface area contributed by atoms with Crippen molar-refractivity contribution in [3.8, 4) is 11.4 Å². The molecule has 0 radical (unpaired) electrons. The molecule has 0 fully saturated rings. The number of hydrogen-bond acceptors (Lipinski definition) is 6. The molecule has 2 rings (SSSR count). The third-order valence-electron chi connectivity index (χ3n) is 2.62. The van der Waals surface area contributed by atoms with Crippen LogP contribution in [0.4, 0.5) is 20.3 Å². The minimum absolute atomic E-state index is 0.0310. The highest BCUT2D eigenvalue weighted by molar-refractivity contribution is 5.55. The van der Waals surface area contributed by atoms with Gasteiger partial charge in [0.25, 0.3) is 0 Å². The summed E-state index contributed by atoms with van der Waals surface area (Å²) in [6.45, 7) is -3.02. The highest BCUT2D eigenvalue weighted by Crippen LogP contribution is 2.20. The number of ether oxygens (including phenoxy) is 1. The van der Waals surface area contributed by atoms with Gasteiger partial charge in [-0.3, -0.25) is 19.9 Å². The fourth-order valence-corrected chi connectivity index (χ4v) is 1.75. The average molecular weight is 314 g/mol. The predicted octanol–water partition coefficient (Wildman–Crippen LogP) is 0.618. The number of benzene rings is 1. The number of nitrogens with two attached hydrogens (primary N) is 1. The molecule has 116 valence electrons. The van der Waals surface area contributed by atoms with Crippen molar-refractivity contribution in [3.63, 3.8) is 0 Å². The average Bonchev–Trinajstić information content (AvgIpc) is 2.38. The number of aromatic amines is 1. The lowest BCUT2D eigenvalue weighted by Crippen LogP contribution is -2.32. The summed E-state index contributed by atoms with van der Waals surface area (Å²) in [5, 5.41) is 10.8. The van der Waals surface area contributed by atoms with Crippen LogP contribution in [0.15, 0.2) is 33.9 Å². The molecular weight excluding hydrogens is 306 g/mol. The van der Waals surface area contributed by atoms with Gasteiger partial charge in [-0.2, -0.15) is 8.78 Å². The van der Waals surface area contributed by atoms with E-state index in [-0.39, 0.29) is 11.4 Å². The first-order valence-electron chi connectivity index (χ1n) is 5.65. The molecule has 22 heavy (non-hydrogen) atoms. The third-order valence-corrected chi connectivity index (χ3v) is 2.62. The van der Waals surface area contributed by atoms with Crippen molar-refractivity contribution in [1.82, 2.24) is 9.55 Å². The molecule has 1 aromatic heterocycles. The van der Waals surface area contributed by atoms with E-state index in [9.17, 15) is 28.5 Å². The van der Waals surface area contributed by atoms with Gasteiger partial charge >= 0.3 is 23.5 Å². The Morgan fingerprint density at radius 1 is 1.27 bits per heavy atom. The number of H-pyrrole nitrogens is 1. The Morgan fingerprint density at radius 3 is 2.36 bits per heavy atom. The number of nitrogens with one attached hydrogen (secondary N) is 1. The molecule has 11 heteroatoms. The number of anilines is 1. The van der Waals surface area contributed by atoms with Gasteiger partial charge in [-0.1, -0.05) is 0 Å². The van der Waals surface area contributed by atoms with E-state index in [4.69, 9.17) is 5.73 Å². The third kappa shape index (κ3) is 2.77. The molecule has 0 unspecified atom stereocenters. The van der Waals surface area contributed by atoms with Crippen LogP contribution in [0.2, 0.25) is 0 Å². The van der Waals surface area contributed by atoms with Crippen molar-refractivity contribution in [2.75, 3.05) is 5.73 Å². The van der Waals surface area contributed by atoms with Crippen LogP contribution in [-0.2, 0) is 0 Å². The number of halogens is 2. The van der Waals surface area contributed by atoms with Gasteiger partial charge in [-0.15, -0.1) is 0 Å². The molecule has 0 aliphatic heterocycles. The van der Waals surface area contributed by atoms with Crippen molar-refractivity contribution >= 4 is 11.5 Å². The molecular formula is C11H8F2N4O5. The molecule has 0 aliphatic rings. The van der Waals surface area contributed by atoms with E-state index in [1.54, 1.807) is 4.98 Å². The Balaban J connectivity index is 2.58. The van der Waals surface area contributed by atoms with Crippen molar-refractivity contribution in [3.05, 3.63) is 55.2 Å². The van der Waals surface area contributed by atoms with Crippen LogP contribution in [0.1, 0.15) is 0 Å². The number of alkyl halides is 2. The van der Waals surface area contributed by atoms with Crippen LogP contribution >= 0.6 is 0 Å². The molecule has 9 nitrogen and oxygen atoms in total. The summed E-state index contributed by atoms with van der Waals surface area (Å²) >= 11 is 0. The fourth-order valence-electron chi connectivity index (χ4n) is 1.75. The van der Waals surface area contributed by atoms with Gasteiger partial charge in [0, 0.05) is 0 Å². The molecule has 0 saturated heterocycles. The van der Waals surface area contributed by atoms with Crippen molar-refractivity contribution in [1.29, 1.82) is 0 Å². The second-order valence-electron chi connectivity index (χ2n) is 3.96. The van der Waals surface area contributed by atoms with Crippen LogP contribution in [0.25, 0.3) is 5.69 Å². The number of nitro groups is 1. The Labute approximate surface area is 119 Å². The van der Waals surface area contributed by atoms with E-state index in [1.165, 1.54) is 12.1 Å². The second kappa shape index (κ2) is 5.63. The Morgan fingerprint density at radius 2 is 1.86 bits per heavy atom. The van der Waals surface area contributed by atoms with Crippen molar-refractivity contribution in [2.24, 2.45) is 0 Å². The Hall–Kier alpha value is -3.24. The molecule has 0 bridgehead atoms. The van der Waals surface area contributed by atoms with Gasteiger partial charge in [0.05, 0.1) is 10.6 Å². The fraction of sp³-hybridized carbons (Fsp3) is 0.0909. The molecule has 0 amide bonds. The van der Waals surface area contributed by atoms with Crippen LogP contribution < -0.4 is 21.7 Å². The predicted molar refractivity (Wildman–Crippen MR) is 70.4 cm³/mol. The van der Waals surface area contributed by atoms with Crippen LogP contribution in [0, 0.1) is 10.1 Å². The van der Waals surface area contributed by atoms with Gasteiger partial charge in [0.2, 0.25) is 0 Å². The first-order valence-corrected chi connectivity index (χ1v) is 5.65. The lowest BCUT2D eigenvalue weighted by molar-refractivity contribution is -0.385. The molecule has 2 aromatic rings. The maximum absolute atomic E-state index is 12.0. The van der Waals surface area contributed by atoms with E-state index in [1.807, 2.05) is 0 Å². The summed E-state index contributed by atoms with van der Waals surface area (Å²) in [7, 11) is 0. The lowest BCUT2D eigenvalue weighted by Gasteiger charge is -2.10. The number of nitrogen functional groups attached to an aromatic ring is 1. The second-order valence-corrected chi connectivity index (χ2v) is 3.96. The van der Waals surface area contributed by atoms with Crippen molar-refractivity contribution < 1.29 is 18.4 Å². The van der Waals surface area contributed by atoms with E-state index in [0.29, 0.717) is 4.57 Å². The van der Waals surface area contributed by atoms with Crippen LogP contribution in [0.5, 0.6) is 5.75 Å². The Bertz CT molecular complexity index is 828. The lowest BCUT2D eigenvalue weighted by atomic mass is 10.3. The number of rotatable bonds is 4. The molecule has 1 heterocycles. The van der Waals surface area contributed by atoms with E-state index in [0.717, 1.165) is 12.1 Å². The number of hydrogen-bond donors (Lipinski definition) is 2. The summed E-state index contributed by atoms with van der Waals surface area (Å²) in [6, 6.07) is 4.59. The van der Waals surface area contributed by atoms with Gasteiger partial charge in [0.15, 0.2) is 5.82 Å². The largest absolute Gasteiger partial charge is 0.435 e. The normalized spacial score (nSPS) is 10.7. The van der Waals surface area contributed by atoms with E-state index < -0.39 is 34.3 Å². The van der Waals surface area contributed by atoms with Crippen molar-refractivity contribution in [2.45, 2.75) is 6.61 Å².